The van der Waals surface area contributed by atoms with Crippen molar-refractivity contribution in [3.63, 3.8) is 0 Å². The second-order valence-electron chi connectivity index (χ2n) is 4.43. The number of likely N-dealkylation sites (N-methyl/N-ethyl adjacent to an activating group) is 1. The lowest BCUT2D eigenvalue weighted by molar-refractivity contribution is -0.134. The first-order valence-corrected chi connectivity index (χ1v) is 7.37. The number of carbonyl (C=O) groups excluding carboxylic acids is 1. The maximum Gasteiger partial charge on any atom is 0.260 e. The lowest BCUT2D eigenvalue weighted by Gasteiger charge is -2.32. The predicted octanol–water partition coefficient (Wildman–Crippen LogP) is 2.52. The van der Waals surface area contributed by atoms with E-state index >= 15 is 0 Å². The van der Waals surface area contributed by atoms with Crippen LogP contribution in [-0.4, -0.2) is 55.5 Å². The molecule has 1 aromatic carbocycles. The Morgan fingerprint density at radius 1 is 1.15 bits per heavy atom. The number of hydrogen-bond donors (Lipinski definition) is 0. The van der Waals surface area contributed by atoms with E-state index in [0.29, 0.717) is 10.8 Å². The number of amides is 1. The Morgan fingerprint density at radius 2 is 1.70 bits per heavy atom. The second-order valence-corrected chi connectivity index (χ2v) is 4.86. The minimum Gasteiger partial charge on any atom is -0.484 e. The smallest absolute Gasteiger partial charge is 0.260 e. The lowest BCUT2D eigenvalue weighted by Crippen LogP contribution is -2.48. The van der Waals surface area contributed by atoms with Crippen LogP contribution in [0.15, 0.2) is 24.3 Å². The van der Waals surface area contributed by atoms with Gasteiger partial charge in [0.25, 0.3) is 5.91 Å². The first-order valence-electron chi connectivity index (χ1n) is 7.00. The van der Waals surface area contributed by atoms with Gasteiger partial charge < -0.3 is 14.5 Å². The zero-order chi connectivity index (χ0) is 15.0. The fourth-order valence-electron chi connectivity index (χ4n) is 1.82. The van der Waals surface area contributed by atoms with E-state index in [1.807, 2.05) is 18.7 Å². The number of carbonyl (C=O) groups is 1. The summed E-state index contributed by atoms with van der Waals surface area (Å²) in [6.07, 6.45) is 0. The van der Waals surface area contributed by atoms with Crippen LogP contribution in [0, 0.1) is 0 Å². The van der Waals surface area contributed by atoms with Gasteiger partial charge in [0.1, 0.15) is 5.75 Å². The summed E-state index contributed by atoms with van der Waals surface area (Å²) in [5, 5.41) is 0.660. The first-order chi connectivity index (χ1) is 9.65. The molecule has 5 heteroatoms. The van der Waals surface area contributed by atoms with Crippen molar-refractivity contribution in [3.8, 4) is 5.75 Å². The molecule has 1 heterocycles. The Balaban J connectivity index is 0.000000956. The van der Waals surface area contributed by atoms with E-state index in [1.54, 1.807) is 24.3 Å². The van der Waals surface area contributed by atoms with Crippen molar-refractivity contribution < 1.29 is 9.53 Å². The molecule has 0 saturated carbocycles. The Morgan fingerprint density at radius 3 is 2.25 bits per heavy atom. The van der Waals surface area contributed by atoms with Crippen molar-refractivity contribution >= 4 is 17.5 Å². The first kappa shape index (κ1) is 16.8. The standard InChI is InChI=1S/C13H17ClN2O2.C2H6/c1-15-6-8-16(9-7-15)13(17)10-18-12-4-2-11(14)3-5-12;1-2/h2-5H,6-10H2,1H3;1-2H3. The quantitative estimate of drug-likeness (QED) is 0.859. The van der Waals surface area contributed by atoms with E-state index in [9.17, 15) is 4.79 Å². The molecule has 0 radical (unpaired) electrons. The molecule has 0 bridgehead atoms. The molecule has 1 aliphatic rings. The topological polar surface area (TPSA) is 32.8 Å². The molecule has 0 aromatic heterocycles. The molecule has 0 N–H and O–H groups in total. The number of piperazine rings is 1. The summed E-state index contributed by atoms with van der Waals surface area (Å²) in [7, 11) is 2.06. The van der Waals surface area contributed by atoms with Crippen LogP contribution in [0.25, 0.3) is 0 Å². The third-order valence-electron chi connectivity index (χ3n) is 3.03. The fourth-order valence-corrected chi connectivity index (χ4v) is 1.95. The molecule has 1 aromatic rings. The van der Waals surface area contributed by atoms with E-state index in [1.165, 1.54) is 0 Å². The van der Waals surface area contributed by atoms with Crippen molar-refractivity contribution in [3.05, 3.63) is 29.3 Å². The number of hydrogen-bond acceptors (Lipinski definition) is 3. The van der Waals surface area contributed by atoms with Crippen LogP contribution < -0.4 is 4.74 Å². The van der Waals surface area contributed by atoms with Crippen LogP contribution in [0.2, 0.25) is 5.02 Å². The third-order valence-corrected chi connectivity index (χ3v) is 3.28. The van der Waals surface area contributed by atoms with Gasteiger partial charge in [-0.1, -0.05) is 25.4 Å². The molecule has 0 spiro atoms. The van der Waals surface area contributed by atoms with Gasteiger partial charge in [0.05, 0.1) is 0 Å². The minimum atomic E-state index is 0.0399. The zero-order valence-electron chi connectivity index (χ0n) is 12.4. The van der Waals surface area contributed by atoms with Gasteiger partial charge >= 0.3 is 0 Å². The summed E-state index contributed by atoms with van der Waals surface area (Å²) in [6, 6.07) is 7.02. The summed E-state index contributed by atoms with van der Waals surface area (Å²) in [6.45, 7) is 7.49. The number of nitrogens with zero attached hydrogens (tertiary/aromatic N) is 2. The monoisotopic (exact) mass is 298 g/mol. The summed E-state index contributed by atoms with van der Waals surface area (Å²) in [4.78, 5) is 16.0. The molecule has 0 atom stereocenters. The van der Waals surface area contributed by atoms with E-state index in [4.69, 9.17) is 16.3 Å². The largest absolute Gasteiger partial charge is 0.484 e. The molecule has 0 unspecified atom stereocenters. The minimum absolute atomic E-state index is 0.0399. The van der Waals surface area contributed by atoms with Gasteiger partial charge in [0.2, 0.25) is 0 Å². The molecule has 20 heavy (non-hydrogen) atoms. The van der Waals surface area contributed by atoms with Crippen molar-refractivity contribution in [1.29, 1.82) is 0 Å². The van der Waals surface area contributed by atoms with Gasteiger partial charge in [0.15, 0.2) is 6.61 Å². The number of rotatable bonds is 3. The van der Waals surface area contributed by atoms with Crippen molar-refractivity contribution in [2.24, 2.45) is 0 Å². The molecule has 0 aliphatic carbocycles. The maximum atomic E-state index is 11.9. The van der Waals surface area contributed by atoms with Crippen LogP contribution in [0.4, 0.5) is 0 Å². The van der Waals surface area contributed by atoms with Gasteiger partial charge in [-0.15, -0.1) is 0 Å². The molecule has 2 rings (SSSR count). The Bertz CT molecular complexity index is 401. The van der Waals surface area contributed by atoms with E-state index in [0.717, 1.165) is 26.2 Å². The molecule has 112 valence electrons. The Hall–Kier alpha value is -1.26. The third kappa shape index (κ3) is 5.39. The van der Waals surface area contributed by atoms with E-state index < -0.39 is 0 Å². The Kier molecular flexibility index (Phi) is 7.41. The highest BCUT2D eigenvalue weighted by Crippen LogP contribution is 2.15. The zero-order valence-corrected chi connectivity index (χ0v) is 13.2. The van der Waals surface area contributed by atoms with Gasteiger partial charge in [-0.2, -0.15) is 0 Å². The van der Waals surface area contributed by atoms with Crippen LogP contribution in [0.1, 0.15) is 13.8 Å². The molecular weight excluding hydrogens is 276 g/mol. The summed E-state index contributed by atoms with van der Waals surface area (Å²) in [5.74, 6) is 0.708. The summed E-state index contributed by atoms with van der Waals surface area (Å²) >= 11 is 5.77. The molecule has 1 saturated heterocycles. The molecule has 1 amide bonds. The van der Waals surface area contributed by atoms with Gasteiger partial charge in [0, 0.05) is 31.2 Å². The van der Waals surface area contributed by atoms with Crippen molar-refractivity contribution in [1.82, 2.24) is 9.80 Å². The molecule has 1 fully saturated rings. The Labute approximate surface area is 126 Å². The maximum absolute atomic E-state index is 11.9. The average molecular weight is 299 g/mol. The molecule has 4 nitrogen and oxygen atoms in total. The lowest BCUT2D eigenvalue weighted by atomic mass is 10.3. The van der Waals surface area contributed by atoms with Gasteiger partial charge in [-0.25, -0.2) is 0 Å². The van der Waals surface area contributed by atoms with Gasteiger partial charge in [-0.05, 0) is 31.3 Å². The van der Waals surface area contributed by atoms with Gasteiger partial charge in [-0.3, -0.25) is 4.79 Å². The number of halogens is 1. The van der Waals surface area contributed by atoms with Crippen molar-refractivity contribution in [2.45, 2.75) is 13.8 Å². The normalized spacial score (nSPS) is 15.3. The van der Waals surface area contributed by atoms with Crippen molar-refractivity contribution in [2.75, 3.05) is 39.8 Å². The highest BCUT2D eigenvalue weighted by atomic mass is 35.5. The van der Waals surface area contributed by atoms with Crippen LogP contribution in [-0.2, 0) is 4.79 Å². The van der Waals surface area contributed by atoms with Crippen LogP contribution in [0.5, 0.6) is 5.75 Å². The fraction of sp³-hybridized carbons (Fsp3) is 0.533. The average Bonchev–Trinajstić information content (AvgIpc) is 2.49. The number of benzene rings is 1. The van der Waals surface area contributed by atoms with Crippen LogP contribution in [0.3, 0.4) is 0 Å². The second kappa shape index (κ2) is 8.82. The number of ether oxygens (including phenoxy) is 1. The highest BCUT2D eigenvalue weighted by Gasteiger charge is 2.19. The predicted molar refractivity (Wildman–Crippen MR) is 82.4 cm³/mol. The van der Waals surface area contributed by atoms with Crippen LogP contribution >= 0.6 is 11.6 Å². The van der Waals surface area contributed by atoms with E-state index in [2.05, 4.69) is 11.9 Å². The highest BCUT2D eigenvalue weighted by molar-refractivity contribution is 6.30. The summed E-state index contributed by atoms with van der Waals surface area (Å²) in [5.41, 5.74) is 0. The van der Waals surface area contributed by atoms with E-state index in [-0.39, 0.29) is 12.5 Å². The molecule has 1 aliphatic heterocycles. The molecular formula is C15H23ClN2O2. The SMILES string of the molecule is CC.CN1CCN(C(=O)COc2ccc(Cl)cc2)CC1. The summed E-state index contributed by atoms with van der Waals surface area (Å²) < 4.78 is 5.44.